The van der Waals surface area contributed by atoms with Crippen LogP contribution in [-0.4, -0.2) is 44.9 Å². The van der Waals surface area contributed by atoms with E-state index in [0.717, 1.165) is 13.1 Å². The maximum atomic E-state index is 12.4. The van der Waals surface area contributed by atoms with Crippen LogP contribution in [0.2, 0.25) is 0 Å². The highest BCUT2D eigenvalue weighted by molar-refractivity contribution is 7.90. The zero-order valence-electron chi connectivity index (χ0n) is 15.4. The smallest absolute Gasteiger partial charge is 0.287 e. The summed E-state index contributed by atoms with van der Waals surface area (Å²) in [6.45, 7) is 8.53. The quantitative estimate of drug-likeness (QED) is 0.726. The molecule has 0 saturated heterocycles. The van der Waals surface area contributed by atoms with Gasteiger partial charge < -0.3 is 9.73 Å². The number of benzene rings is 1. The summed E-state index contributed by atoms with van der Waals surface area (Å²) in [7, 11) is -3.50. The van der Waals surface area contributed by atoms with Crippen molar-refractivity contribution >= 4 is 15.7 Å². The lowest BCUT2D eigenvalue weighted by molar-refractivity contribution is 0.0909. The molecule has 0 saturated carbocycles. The first-order valence-electron chi connectivity index (χ1n) is 8.76. The molecule has 2 aromatic rings. The van der Waals surface area contributed by atoms with E-state index in [4.69, 9.17) is 4.42 Å². The van der Waals surface area contributed by atoms with Crippen LogP contribution in [0.15, 0.2) is 51.8 Å². The summed E-state index contributed by atoms with van der Waals surface area (Å²) in [5, 5.41) is 2.83. The third kappa shape index (κ3) is 5.19. The Kier molecular flexibility index (Phi) is 6.99. The fourth-order valence-electron chi connectivity index (χ4n) is 2.78. The number of nitrogens with zero attached hydrogens (tertiary/aromatic N) is 1. The van der Waals surface area contributed by atoms with Crippen LogP contribution >= 0.6 is 0 Å². The van der Waals surface area contributed by atoms with E-state index in [1.54, 1.807) is 30.3 Å². The van der Waals surface area contributed by atoms with Gasteiger partial charge in [0, 0.05) is 12.6 Å². The van der Waals surface area contributed by atoms with E-state index >= 15 is 0 Å². The van der Waals surface area contributed by atoms with Gasteiger partial charge in [-0.1, -0.05) is 32.0 Å². The van der Waals surface area contributed by atoms with Crippen molar-refractivity contribution < 1.29 is 17.6 Å². The van der Waals surface area contributed by atoms with Gasteiger partial charge in [0.25, 0.3) is 5.91 Å². The van der Waals surface area contributed by atoms with Crippen molar-refractivity contribution in [2.45, 2.75) is 37.5 Å². The minimum atomic E-state index is -3.50. The topological polar surface area (TPSA) is 79.6 Å². The SMILES string of the molecule is CCN(CC)C(C)CNC(=O)c1ccc(CS(=O)(=O)c2ccccc2)o1. The Morgan fingerprint density at radius 2 is 1.77 bits per heavy atom. The molecule has 0 radical (unpaired) electrons. The third-order valence-electron chi connectivity index (χ3n) is 4.31. The lowest BCUT2D eigenvalue weighted by Gasteiger charge is -2.26. The van der Waals surface area contributed by atoms with Gasteiger partial charge in [0.05, 0.1) is 4.90 Å². The number of rotatable bonds is 9. The Morgan fingerprint density at radius 3 is 2.38 bits per heavy atom. The predicted molar refractivity (Wildman–Crippen MR) is 101 cm³/mol. The van der Waals surface area contributed by atoms with Gasteiger partial charge in [0.2, 0.25) is 0 Å². The Bertz CT molecular complexity index is 811. The molecular formula is C19H26N2O4S. The number of hydrogen-bond donors (Lipinski definition) is 1. The van der Waals surface area contributed by atoms with Crippen LogP contribution in [0.5, 0.6) is 0 Å². The van der Waals surface area contributed by atoms with Crippen LogP contribution in [0.3, 0.4) is 0 Å². The Balaban J connectivity index is 1.98. The van der Waals surface area contributed by atoms with E-state index in [-0.39, 0.29) is 34.1 Å². The molecule has 1 heterocycles. The van der Waals surface area contributed by atoms with E-state index < -0.39 is 9.84 Å². The van der Waals surface area contributed by atoms with E-state index in [9.17, 15) is 13.2 Å². The van der Waals surface area contributed by atoms with Crippen LogP contribution in [0, 0.1) is 0 Å². The summed E-state index contributed by atoms with van der Waals surface area (Å²) in [5.41, 5.74) is 0. The van der Waals surface area contributed by atoms with Crippen molar-refractivity contribution in [3.05, 3.63) is 54.0 Å². The van der Waals surface area contributed by atoms with Crippen molar-refractivity contribution in [3.63, 3.8) is 0 Å². The van der Waals surface area contributed by atoms with Gasteiger partial charge in [0.15, 0.2) is 15.6 Å². The highest BCUT2D eigenvalue weighted by Gasteiger charge is 2.19. The minimum Gasteiger partial charge on any atom is -0.455 e. The number of carbonyl (C=O) groups excluding carboxylic acids is 1. The summed E-state index contributed by atoms with van der Waals surface area (Å²) in [6.07, 6.45) is 0. The predicted octanol–water partition coefficient (Wildman–Crippen LogP) is 2.71. The van der Waals surface area contributed by atoms with Gasteiger partial charge in [0.1, 0.15) is 11.5 Å². The minimum absolute atomic E-state index is 0.120. The van der Waals surface area contributed by atoms with Crippen molar-refractivity contribution in [1.29, 1.82) is 0 Å². The van der Waals surface area contributed by atoms with Gasteiger partial charge in [-0.15, -0.1) is 0 Å². The molecule has 1 aromatic carbocycles. The average molecular weight is 378 g/mol. The lowest BCUT2D eigenvalue weighted by Crippen LogP contribution is -2.41. The molecule has 0 aliphatic rings. The monoisotopic (exact) mass is 378 g/mol. The number of nitrogens with one attached hydrogen (secondary N) is 1. The summed E-state index contributed by atoms with van der Waals surface area (Å²) in [4.78, 5) is 14.7. The van der Waals surface area contributed by atoms with Crippen molar-refractivity contribution in [1.82, 2.24) is 10.2 Å². The number of hydrogen-bond acceptors (Lipinski definition) is 5. The molecular weight excluding hydrogens is 352 g/mol. The van der Waals surface area contributed by atoms with Gasteiger partial charge in [-0.3, -0.25) is 9.69 Å². The van der Waals surface area contributed by atoms with Crippen molar-refractivity contribution in [2.24, 2.45) is 0 Å². The van der Waals surface area contributed by atoms with Crippen LogP contribution in [0.4, 0.5) is 0 Å². The zero-order valence-corrected chi connectivity index (χ0v) is 16.3. The first-order valence-corrected chi connectivity index (χ1v) is 10.4. The van der Waals surface area contributed by atoms with Gasteiger partial charge in [-0.2, -0.15) is 0 Å². The molecule has 26 heavy (non-hydrogen) atoms. The van der Waals surface area contributed by atoms with E-state index in [1.165, 1.54) is 12.1 Å². The fourth-order valence-corrected chi connectivity index (χ4v) is 4.05. The first kappa shape index (κ1) is 20.2. The number of furan rings is 1. The molecule has 1 atom stereocenters. The molecule has 142 valence electrons. The molecule has 1 unspecified atom stereocenters. The second kappa shape index (κ2) is 9.00. The molecule has 6 nitrogen and oxygen atoms in total. The summed E-state index contributed by atoms with van der Waals surface area (Å²) >= 11 is 0. The Morgan fingerprint density at radius 1 is 1.12 bits per heavy atom. The van der Waals surface area contributed by atoms with Crippen LogP contribution in [0.25, 0.3) is 0 Å². The molecule has 7 heteroatoms. The number of sulfone groups is 1. The number of likely N-dealkylation sites (N-methyl/N-ethyl adjacent to an activating group) is 1. The van der Waals surface area contributed by atoms with E-state index in [1.807, 2.05) is 6.92 Å². The largest absolute Gasteiger partial charge is 0.455 e. The second-order valence-corrected chi connectivity index (χ2v) is 8.11. The maximum absolute atomic E-state index is 12.4. The summed E-state index contributed by atoms with van der Waals surface area (Å²) in [6, 6.07) is 11.4. The van der Waals surface area contributed by atoms with Gasteiger partial charge in [-0.25, -0.2) is 8.42 Å². The van der Waals surface area contributed by atoms with Crippen molar-refractivity contribution in [2.75, 3.05) is 19.6 Å². The Hall–Kier alpha value is -2.12. The third-order valence-corrected chi connectivity index (χ3v) is 5.97. The first-order chi connectivity index (χ1) is 12.4. The van der Waals surface area contributed by atoms with Crippen LogP contribution in [0.1, 0.15) is 37.1 Å². The lowest BCUT2D eigenvalue weighted by atomic mass is 10.2. The molecule has 0 spiro atoms. The van der Waals surface area contributed by atoms with Crippen LogP contribution in [-0.2, 0) is 15.6 Å². The molecule has 1 aromatic heterocycles. The molecule has 0 aliphatic carbocycles. The highest BCUT2D eigenvalue weighted by Crippen LogP contribution is 2.18. The van der Waals surface area contributed by atoms with E-state index in [0.29, 0.717) is 6.54 Å². The standard InChI is InChI=1S/C19H26N2O4S/c1-4-21(5-2)15(3)13-20-19(22)18-12-11-16(25-18)14-26(23,24)17-9-7-6-8-10-17/h6-12,15H,4-5,13-14H2,1-3H3,(H,20,22). The highest BCUT2D eigenvalue weighted by atomic mass is 32.2. The molecule has 1 amide bonds. The average Bonchev–Trinajstić information content (AvgIpc) is 3.09. The van der Waals surface area contributed by atoms with Crippen molar-refractivity contribution in [3.8, 4) is 0 Å². The molecule has 2 rings (SSSR count). The number of carbonyl (C=O) groups is 1. The molecule has 0 bridgehead atoms. The molecule has 0 fully saturated rings. The molecule has 1 N–H and O–H groups in total. The molecule has 0 aliphatic heterocycles. The fraction of sp³-hybridized carbons (Fsp3) is 0.421. The second-order valence-electron chi connectivity index (χ2n) is 6.12. The van der Waals surface area contributed by atoms with Gasteiger partial charge in [-0.05, 0) is 44.3 Å². The summed E-state index contributed by atoms with van der Waals surface area (Å²) < 4.78 is 30.2. The maximum Gasteiger partial charge on any atom is 0.287 e. The van der Waals surface area contributed by atoms with E-state index in [2.05, 4.69) is 24.1 Å². The number of amides is 1. The normalized spacial score (nSPS) is 12.9. The van der Waals surface area contributed by atoms with Gasteiger partial charge >= 0.3 is 0 Å². The zero-order chi connectivity index (χ0) is 19.2. The summed E-state index contributed by atoms with van der Waals surface area (Å²) in [5.74, 6) is -0.252. The van der Waals surface area contributed by atoms with Crippen LogP contribution < -0.4 is 5.32 Å². The Labute approximate surface area is 155 Å².